The molecule has 0 bridgehead atoms. The SMILES string of the molecule is CN(C)C(=O)c1ccc(N)c(NCCCn2ccnn2)c1. The van der Waals surface area contributed by atoms with Crippen LogP contribution in [0.1, 0.15) is 16.8 Å². The van der Waals surface area contributed by atoms with Gasteiger partial charge in [-0.3, -0.25) is 9.48 Å². The lowest BCUT2D eigenvalue weighted by Gasteiger charge is -2.14. The summed E-state index contributed by atoms with van der Waals surface area (Å²) in [5.74, 6) is -0.0411. The van der Waals surface area contributed by atoms with E-state index in [4.69, 9.17) is 5.73 Å². The molecule has 0 aliphatic rings. The Morgan fingerprint density at radius 3 is 2.90 bits per heavy atom. The lowest BCUT2D eigenvalue weighted by atomic mass is 10.1. The number of nitrogens with two attached hydrogens (primary N) is 1. The van der Waals surface area contributed by atoms with E-state index in [0.717, 1.165) is 25.2 Å². The zero-order valence-electron chi connectivity index (χ0n) is 12.3. The molecule has 2 aromatic rings. The Balaban J connectivity index is 1.92. The number of rotatable bonds is 6. The van der Waals surface area contributed by atoms with Crippen LogP contribution in [0.3, 0.4) is 0 Å². The summed E-state index contributed by atoms with van der Waals surface area (Å²) in [4.78, 5) is 13.5. The second-order valence-corrected chi connectivity index (χ2v) is 4.95. The highest BCUT2D eigenvalue weighted by atomic mass is 16.2. The zero-order chi connectivity index (χ0) is 15.2. The summed E-state index contributed by atoms with van der Waals surface area (Å²) in [5, 5.41) is 10.9. The molecule has 1 aromatic heterocycles. The summed E-state index contributed by atoms with van der Waals surface area (Å²) in [7, 11) is 3.45. The molecule has 7 nitrogen and oxygen atoms in total. The molecule has 1 amide bonds. The molecule has 3 N–H and O–H groups in total. The second kappa shape index (κ2) is 6.74. The van der Waals surface area contributed by atoms with Crippen molar-refractivity contribution in [2.75, 3.05) is 31.7 Å². The van der Waals surface area contributed by atoms with Gasteiger partial charge in [-0.15, -0.1) is 5.10 Å². The van der Waals surface area contributed by atoms with Crippen molar-refractivity contribution >= 4 is 17.3 Å². The first-order chi connectivity index (χ1) is 10.1. The number of carbonyl (C=O) groups is 1. The Labute approximate surface area is 123 Å². The van der Waals surface area contributed by atoms with Gasteiger partial charge in [0.15, 0.2) is 0 Å². The summed E-state index contributed by atoms with van der Waals surface area (Å²) in [5.41, 5.74) is 7.96. The van der Waals surface area contributed by atoms with Gasteiger partial charge in [-0.1, -0.05) is 5.21 Å². The highest BCUT2D eigenvalue weighted by molar-refractivity contribution is 5.95. The molecule has 7 heteroatoms. The Bertz CT molecular complexity index is 594. The maximum Gasteiger partial charge on any atom is 0.253 e. The van der Waals surface area contributed by atoms with Crippen LogP contribution in [0, 0.1) is 0 Å². The highest BCUT2D eigenvalue weighted by Crippen LogP contribution is 2.20. The van der Waals surface area contributed by atoms with Gasteiger partial charge >= 0.3 is 0 Å². The van der Waals surface area contributed by atoms with E-state index in [-0.39, 0.29) is 5.91 Å². The van der Waals surface area contributed by atoms with Crippen LogP contribution in [-0.4, -0.2) is 46.4 Å². The zero-order valence-corrected chi connectivity index (χ0v) is 12.3. The smallest absolute Gasteiger partial charge is 0.253 e. The molecular weight excluding hydrogens is 268 g/mol. The third kappa shape index (κ3) is 3.95. The van der Waals surface area contributed by atoms with Crippen LogP contribution >= 0.6 is 0 Å². The van der Waals surface area contributed by atoms with E-state index in [1.807, 2.05) is 6.20 Å². The van der Waals surface area contributed by atoms with Crippen molar-refractivity contribution in [2.45, 2.75) is 13.0 Å². The molecule has 21 heavy (non-hydrogen) atoms. The van der Waals surface area contributed by atoms with Crippen molar-refractivity contribution in [3.05, 3.63) is 36.2 Å². The maximum absolute atomic E-state index is 11.9. The Hall–Kier alpha value is -2.57. The number of nitrogens with one attached hydrogen (secondary N) is 1. The number of hydrogen-bond donors (Lipinski definition) is 2. The Morgan fingerprint density at radius 2 is 2.24 bits per heavy atom. The van der Waals surface area contributed by atoms with E-state index in [9.17, 15) is 4.79 Å². The largest absolute Gasteiger partial charge is 0.397 e. The number of nitrogens with zero attached hydrogens (tertiary/aromatic N) is 4. The molecule has 0 aliphatic heterocycles. The van der Waals surface area contributed by atoms with Crippen LogP contribution in [0.15, 0.2) is 30.6 Å². The highest BCUT2D eigenvalue weighted by Gasteiger charge is 2.10. The first kappa shape index (κ1) is 14.8. The van der Waals surface area contributed by atoms with Crippen LogP contribution in [0.5, 0.6) is 0 Å². The van der Waals surface area contributed by atoms with Crippen LogP contribution in [0.2, 0.25) is 0 Å². The normalized spacial score (nSPS) is 10.4. The molecule has 0 saturated carbocycles. The minimum absolute atomic E-state index is 0.0411. The van der Waals surface area contributed by atoms with Gasteiger partial charge in [0.2, 0.25) is 0 Å². The molecular formula is C14H20N6O. The predicted molar refractivity (Wildman–Crippen MR) is 82.0 cm³/mol. The summed E-state index contributed by atoms with van der Waals surface area (Å²) in [6.45, 7) is 1.52. The second-order valence-electron chi connectivity index (χ2n) is 4.95. The van der Waals surface area contributed by atoms with Gasteiger partial charge < -0.3 is 16.0 Å². The molecule has 2 rings (SSSR count). The topological polar surface area (TPSA) is 89.1 Å². The van der Waals surface area contributed by atoms with Gasteiger partial charge in [-0.25, -0.2) is 0 Å². The summed E-state index contributed by atoms with van der Waals surface area (Å²) < 4.78 is 1.77. The van der Waals surface area contributed by atoms with Crippen molar-refractivity contribution in [3.8, 4) is 0 Å². The van der Waals surface area contributed by atoms with Crippen LogP contribution in [-0.2, 0) is 6.54 Å². The fraction of sp³-hybridized carbons (Fsp3) is 0.357. The number of aryl methyl sites for hydroxylation is 1. The van der Waals surface area contributed by atoms with Crippen molar-refractivity contribution in [1.29, 1.82) is 0 Å². The lowest BCUT2D eigenvalue weighted by Crippen LogP contribution is -2.22. The van der Waals surface area contributed by atoms with Crippen molar-refractivity contribution in [3.63, 3.8) is 0 Å². The number of carbonyl (C=O) groups excluding carboxylic acids is 1. The average molecular weight is 288 g/mol. The molecule has 0 unspecified atom stereocenters. The molecule has 0 aliphatic carbocycles. The lowest BCUT2D eigenvalue weighted by molar-refractivity contribution is 0.0827. The molecule has 112 valence electrons. The maximum atomic E-state index is 11.9. The minimum Gasteiger partial charge on any atom is -0.397 e. The van der Waals surface area contributed by atoms with Crippen LogP contribution in [0.25, 0.3) is 0 Å². The predicted octanol–water partition coefficient (Wildman–Crippen LogP) is 1.06. The minimum atomic E-state index is -0.0411. The fourth-order valence-electron chi connectivity index (χ4n) is 1.92. The van der Waals surface area contributed by atoms with E-state index in [2.05, 4.69) is 15.6 Å². The number of aromatic nitrogens is 3. The monoisotopic (exact) mass is 288 g/mol. The third-order valence-corrected chi connectivity index (χ3v) is 3.06. The Kier molecular flexibility index (Phi) is 4.76. The molecule has 0 atom stereocenters. The molecule has 0 saturated heterocycles. The number of benzene rings is 1. The number of nitrogen functional groups attached to an aromatic ring is 1. The van der Waals surface area contributed by atoms with Gasteiger partial charge in [0.1, 0.15) is 0 Å². The number of hydrogen-bond acceptors (Lipinski definition) is 5. The quantitative estimate of drug-likeness (QED) is 0.613. The van der Waals surface area contributed by atoms with E-state index in [0.29, 0.717) is 11.3 Å². The third-order valence-electron chi connectivity index (χ3n) is 3.06. The summed E-state index contributed by atoms with van der Waals surface area (Å²) in [6, 6.07) is 5.27. The van der Waals surface area contributed by atoms with Crippen molar-refractivity contribution in [2.24, 2.45) is 0 Å². The van der Waals surface area contributed by atoms with Gasteiger partial charge in [0, 0.05) is 38.9 Å². The van der Waals surface area contributed by atoms with Crippen LogP contribution in [0.4, 0.5) is 11.4 Å². The summed E-state index contributed by atoms with van der Waals surface area (Å²) >= 11 is 0. The van der Waals surface area contributed by atoms with Crippen LogP contribution < -0.4 is 11.1 Å². The number of anilines is 2. The van der Waals surface area contributed by atoms with Gasteiger partial charge in [-0.05, 0) is 24.6 Å². The van der Waals surface area contributed by atoms with Gasteiger partial charge in [-0.2, -0.15) is 0 Å². The van der Waals surface area contributed by atoms with Crippen molar-refractivity contribution in [1.82, 2.24) is 19.9 Å². The van der Waals surface area contributed by atoms with E-state index in [1.165, 1.54) is 0 Å². The standard InChI is InChI=1S/C14H20N6O/c1-19(2)14(21)11-4-5-12(15)13(10-11)16-6-3-8-20-9-7-17-18-20/h4-5,7,9-10,16H,3,6,8,15H2,1-2H3. The fourth-order valence-corrected chi connectivity index (χ4v) is 1.92. The van der Waals surface area contributed by atoms with E-state index >= 15 is 0 Å². The number of amides is 1. The molecule has 0 fully saturated rings. The van der Waals surface area contributed by atoms with Gasteiger partial charge in [0.05, 0.1) is 17.6 Å². The van der Waals surface area contributed by atoms with Crippen molar-refractivity contribution < 1.29 is 4.79 Å². The molecule has 0 spiro atoms. The first-order valence-corrected chi connectivity index (χ1v) is 6.77. The molecule has 1 heterocycles. The summed E-state index contributed by atoms with van der Waals surface area (Å²) in [6.07, 6.45) is 4.36. The molecule has 0 radical (unpaired) electrons. The first-order valence-electron chi connectivity index (χ1n) is 6.77. The Morgan fingerprint density at radius 1 is 1.43 bits per heavy atom. The van der Waals surface area contributed by atoms with Gasteiger partial charge in [0.25, 0.3) is 5.91 Å². The van der Waals surface area contributed by atoms with E-state index < -0.39 is 0 Å². The van der Waals surface area contributed by atoms with E-state index in [1.54, 1.807) is 48.1 Å². The molecule has 1 aromatic carbocycles. The average Bonchev–Trinajstić information content (AvgIpc) is 2.97.